The van der Waals surface area contributed by atoms with Crippen molar-refractivity contribution in [2.45, 2.75) is 63.8 Å². The lowest BCUT2D eigenvalue weighted by Crippen LogP contribution is -2.47. The SMILES string of the molecule is CC(C)NCC(C)Oc1cccc(CC(=O)N2C[C@@H]3[C@H](F)CCC(c4ccccc4)(c4ccccc4)[C@@H]3C2)c1. The fourth-order valence-corrected chi connectivity index (χ4v) is 6.73. The number of rotatable bonds is 9. The third kappa shape index (κ3) is 5.89. The zero-order valence-corrected chi connectivity index (χ0v) is 23.4. The molecule has 1 N–H and O–H groups in total. The summed E-state index contributed by atoms with van der Waals surface area (Å²) in [7, 11) is 0. The second kappa shape index (κ2) is 11.9. The highest BCUT2D eigenvalue weighted by Crippen LogP contribution is 2.54. The Balaban J connectivity index is 1.35. The van der Waals surface area contributed by atoms with E-state index in [4.69, 9.17) is 4.74 Å². The maximum absolute atomic E-state index is 15.5. The van der Waals surface area contributed by atoms with Crippen molar-refractivity contribution in [1.82, 2.24) is 10.2 Å². The van der Waals surface area contributed by atoms with E-state index in [-0.39, 0.29) is 35.7 Å². The number of amides is 1. The maximum atomic E-state index is 15.5. The largest absolute Gasteiger partial charge is 0.489 e. The maximum Gasteiger partial charge on any atom is 0.227 e. The molecule has 1 saturated heterocycles. The van der Waals surface area contributed by atoms with Crippen LogP contribution in [-0.2, 0) is 16.6 Å². The fraction of sp³-hybridized carbons (Fsp3) is 0.441. The molecule has 0 bridgehead atoms. The molecule has 4 nitrogen and oxygen atoms in total. The van der Waals surface area contributed by atoms with Gasteiger partial charge in [-0.05, 0) is 54.5 Å². The van der Waals surface area contributed by atoms with E-state index in [1.807, 2.05) is 48.2 Å². The van der Waals surface area contributed by atoms with E-state index in [1.165, 1.54) is 11.1 Å². The number of nitrogens with one attached hydrogen (secondary N) is 1. The van der Waals surface area contributed by atoms with E-state index in [9.17, 15) is 4.79 Å². The molecule has 206 valence electrons. The molecule has 1 aliphatic heterocycles. The molecule has 1 amide bonds. The molecular formula is C34H41FN2O2. The van der Waals surface area contributed by atoms with Crippen molar-refractivity contribution in [1.29, 1.82) is 0 Å². The van der Waals surface area contributed by atoms with E-state index in [0.717, 1.165) is 24.3 Å². The Hall–Kier alpha value is -3.18. The number of likely N-dealkylation sites (tertiary alicyclic amines) is 1. The molecular weight excluding hydrogens is 487 g/mol. The molecule has 2 fully saturated rings. The van der Waals surface area contributed by atoms with Gasteiger partial charge in [0.2, 0.25) is 5.91 Å². The van der Waals surface area contributed by atoms with Gasteiger partial charge in [-0.25, -0.2) is 4.39 Å². The van der Waals surface area contributed by atoms with Gasteiger partial charge in [0.05, 0.1) is 6.42 Å². The molecule has 1 heterocycles. The number of carbonyl (C=O) groups excluding carboxylic acids is 1. The van der Waals surface area contributed by atoms with Crippen LogP contribution in [-0.4, -0.2) is 48.8 Å². The standard InChI is InChI=1S/C34H41FN2O2/c1-24(2)36-21-25(3)39-29-16-10-11-26(19-29)20-33(38)37-22-30-31(23-37)34(18-17-32(30)35,27-12-6-4-7-13-27)28-14-8-5-9-15-28/h4-16,19,24-25,30-32,36H,17-18,20-23H2,1-3H3/t25?,30-,31+,32+/m0/s1. The van der Waals surface area contributed by atoms with Gasteiger partial charge >= 0.3 is 0 Å². The van der Waals surface area contributed by atoms with Gasteiger partial charge in [-0.15, -0.1) is 0 Å². The summed E-state index contributed by atoms with van der Waals surface area (Å²) in [4.78, 5) is 15.5. The number of nitrogens with zero attached hydrogens (tertiary/aromatic N) is 1. The van der Waals surface area contributed by atoms with Crippen molar-refractivity contribution in [3.63, 3.8) is 0 Å². The third-order valence-electron chi connectivity index (χ3n) is 8.61. The van der Waals surface area contributed by atoms with Crippen LogP contribution in [0.1, 0.15) is 50.3 Å². The van der Waals surface area contributed by atoms with Gasteiger partial charge in [-0.2, -0.15) is 0 Å². The first-order chi connectivity index (χ1) is 18.9. The second-order valence-electron chi connectivity index (χ2n) is 11.6. The summed E-state index contributed by atoms with van der Waals surface area (Å²) < 4.78 is 21.6. The summed E-state index contributed by atoms with van der Waals surface area (Å²) in [6, 6.07) is 29.3. The summed E-state index contributed by atoms with van der Waals surface area (Å²) in [5.41, 5.74) is 3.06. The lowest BCUT2D eigenvalue weighted by Gasteiger charge is -2.47. The first kappa shape index (κ1) is 27.4. The summed E-state index contributed by atoms with van der Waals surface area (Å²) in [5, 5.41) is 3.39. The number of halogens is 1. The number of ether oxygens (including phenoxy) is 1. The molecule has 3 aromatic carbocycles. The average Bonchev–Trinajstić information content (AvgIpc) is 3.41. The number of hydrogen-bond acceptors (Lipinski definition) is 3. The highest BCUT2D eigenvalue weighted by atomic mass is 19.1. The highest BCUT2D eigenvalue weighted by molar-refractivity contribution is 5.79. The van der Waals surface area contributed by atoms with Crippen LogP contribution < -0.4 is 10.1 Å². The van der Waals surface area contributed by atoms with Gasteiger partial charge in [0.25, 0.3) is 0 Å². The molecule has 0 spiro atoms. The van der Waals surface area contributed by atoms with E-state index in [0.29, 0.717) is 25.6 Å². The minimum atomic E-state index is -0.897. The van der Waals surface area contributed by atoms with Crippen molar-refractivity contribution >= 4 is 5.91 Å². The van der Waals surface area contributed by atoms with Crippen molar-refractivity contribution in [3.05, 3.63) is 102 Å². The van der Waals surface area contributed by atoms with E-state index in [1.54, 1.807) is 0 Å². The van der Waals surface area contributed by atoms with Gasteiger partial charge in [0.1, 0.15) is 18.0 Å². The Morgan fingerprint density at radius 1 is 0.974 bits per heavy atom. The monoisotopic (exact) mass is 528 g/mol. The van der Waals surface area contributed by atoms with Crippen LogP contribution in [0, 0.1) is 11.8 Å². The molecule has 0 radical (unpaired) electrons. The third-order valence-corrected chi connectivity index (χ3v) is 8.61. The predicted molar refractivity (Wildman–Crippen MR) is 155 cm³/mol. The zero-order chi connectivity index (χ0) is 27.4. The van der Waals surface area contributed by atoms with Gasteiger partial charge in [0, 0.05) is 37.0 Å². The lowest BCUT2D eigenvalue weighted by molar-refractivity contribution is -0.129. The molecule has 5 heteroatoms. The Morgan fingerprint density at radius 3 is 2.28 bits per heavy atom. The predicted octanol–water partition coefficient (Wildman–Crippen LogP) is 6.19. The molecule has 1 saturated carbocycles. The highest BCUT2D eigenvalue weighted by Gasteiger charge is 2.55. The Morgan fingerprint density at radius 2 is 1.64 bits per heavy atom. The van der Waals surface area contributed by atoms with Gasteiger partial charge < -0.3 is 15.0 Å². The number of alkyl halides is 1. The van der Waals surface area contributed by atoms with Crippen molar-refractivity contribution in [2.24, 2.45) is 11.8 Å². The molecule has 4 atom stereocenters. The van der Waals surface area contributed by atoms with Crippen LogP contribution in [0.2, 0.25) is 0 Å². The summed E-state index contributed by atoms with van der Waals surface area (Å²) in [6.07, 6.45) is 0.664. The van der Waals surface area contributed by atoms with Crippen LogP contribution in [0.5, 0.6) is 5.75 Å². The Kier molecular flexibility index (Phi) is 8.37. The topological polar surface area (TPSA) is 41.6 Å². The lowest BCUT2D eigenvalue weighted by atomic mass is 9.56. The summed E-state index contributed by atoms with van der Waals surface area (Å²) >= 11 is 0. The minimum Gasteiger partial charge on any atom is -0.489 e. The second-order valence-corrected chi connectivity index (χ2v) is 11.6. The molecule has 1 aliphatic carbocycles. The smallest absolute Gasteiger partial charge is 0.227 e. The van der Waals surface area contributed by atoms with E-state index < -0.39 is 6.17 Å². The quantitative estimate of drug-likeness (QED) is 0.360. The van der Waals surface area contributed by atoms with Gasteiger partial charge in [-0.1, -0.05) is 86.6 Å². The van der Waals surface area contributed by atoms with Gasteiger partial charge in [-0.3, -0.25) is 4.79 Å². The molecule has 3 aromatic rings. The molecule has 39 heavy (non-hydrogen) atoms. The van der Waals surface area contributed by atoms with Crippen LogP contribution in [0.25, 0.3) is 0 Å². The molecule has 1 unspecified atom stereocenters. The van der Waals surface area contributed by atoms with Crippen molar-refractivity contribution in [2.75, 3.05) is 19.6 Å². The number of benzene rings is 3. The number of fused-ring (bicyclic) bond motifs is 1. The normalized spacial score (nSPS) is 22.9. The van der Waals surface area contributed by atoms with Crippen molar-refractivity contribution in [3.8, 4) is 5.75 Å². The first-order valence-corrected chi connectivity index (χ1v) is 14.4. The number of carbonyl (C=O) groups is 1. The Labute approximate surface area is 232 Å². The average molecular weight is 529 g/mol. The van der Waals surface area contributed by atoms with E-state index >= 15 is 4.39 Å². The van der Waals surface area contributed by atoms with E-state index in [2.05, 4.69) is 67.7 Å². The molecule has 2 aliphatic rings. The first-order valence-electron chi connectivity index (χ1n) is 14.4. The van der Waals surface area contributed by atoms with Crippen LogP contribution in [0.3, 0.4) is 0 Å². The van der Waals surface area contributed by atoms with Crippen LogP contribution in [0.15, 0.2) is 84.9 Å². The van der Waals surface area contributed by atoms with Gasteiger partial charge in [0.15, 0.2) is 0 Å². The fourth-order valence-electron chi connectivity index (χ4n) is 6.73. The zero-order valence-electron chi connectivity index (χ0n) is 23.4. The summed E-state index contributed by atoms with van der Waals surface area (Å²) in [5.74, 6) is 0.675. The Bertz CT molecular complexity index is 1190. The van der Waals surface area contributed by atoms with Crippen LogP contribution in [0.4, 0.5) is 4.39 Å². The minimum absolute atomic E-state index is 0.0191. The summed E-state index contributed by atoms with van der Waals surface area (Å²) in [6.45, 7) is 8.07. The molecule has 5 rings (SSSR count). The molecule has 0 aromatic heterocycles. The van der Waals surface area contributed by atoms with Crippen molar-refractivity contribution < 1.29 is 13.9 Å². The van der Waals surface area contributed by atoms with Crippen LogP contribution >= 0.6 is 0 Å². The number of hydrogen-bond donors (Lipinski definition) is 1.